The lowest BCUT2D eigenvalue weighted by Crippen LogP contribution is -1.92. The van der Waals surface area contributed by atoms with Gasteiger partial charge in [0.1, 0.15) is 0 Å². The van der Waals surface area contributed by atoms with Gasteiger partial charge in [-0.1, -0.05) is 56.7 Å². The van der Waals surface area contributed by atoms with Crippen LogP contribution in [0.1, 0.15) is 53.4 Å². The molecule has 0 aromatic carbocycles. The molecule has 0 heteroatoms. The SMILES string of the molecule is C=CC(=C/C=C\C)/C(CCCC)=C(/C)CC. The van der Waals surface area contributed by atoms with Crippen LogP contribution < -0.4 is 0 Å². The number of hydrogen-bond donors (Lipinski definition) is 0. The van der Waals surface area contributed by atoms with Gasteiger partial charge in [-0.25, -0.2) is 0 Å². The molecule has 0 fully saturated rings. The first kappa shape index (κ1) is 15.0. The normalized spacial score (nSPS) is 14.1. The minimum absolute atomic E-state index is 1.13. The van der Waals surface area contributed by atoms with E-state index in [1.807, 2.05) is 13.0 Å². The summed E-state index contributed by atoms with van der Waals surface area (Å²) >= 11 is 0. The van der Waals surface area contributed by atoms with Crippen molar-refractivity contribution in [1.29, 1.82) is 0 Å². The van der Waals surface area contributed by atoms with Crippen molar-refractivity contribution in [2.75, 3.05) is 0 Å². The summed E-state index contributed by atoms with van der Waals surface area (Å²) in [6.07, 6.45) is 13.1. The minimum atomic E-state index is 1.13. The summed E-state index contributed by atoms with van der Waals surface area (Å²) in [5, 5.41) is 0. The van der Waals surface area contributed by atoms with E-state index in [1.54, 1.807) is 0 Å². The van der Waals surface area contributed by atoms with Crippen molar-refractivity contribution < 1.29 is 0 Å². The van der Waals surface area contributed by atoms with Crippen molar-refractivity contribution in [3.8, 4) is 0 Å². The molecule has 0 aromatic heterocycles. The fourth-order valence-electron chi connectivity index (χ4n) is 1.66. The standard InChI is InChI=1S/C16H26/c1-6-10-12-15(9-4)16(13-11-7-2)14(5)8-3/h6,9-10,12H,4,7-8,11,13H2,1-3,5H3/b10-6-,15-12-,16-14-. The van der Waals surface area contributed by atoms with E-state index in [1.165, 1.54) is 36.0 Å². The van der Waals surface area contributed by atoms with E-state index in [2.05, 4.69) is 45.6 Å². The Morgan fingerprint density at radius 3 is 2.38 bits per heavy atom. The maximum absolute atomic E-state index is 3.92. The van der Waals surface area contributed by atoms with Crippen LogP contribution >= 0.6 is 0 Å². The van der Waals surface area contributed by atoms with Gasteiger partial charge < -0.3 is 0 Å². The average Bonchev–Trinajstić information content (AvgIpc) is 2.32. The molecule has 0 atom stereocenters. The van der Waals surface area contributed by atoms with Gasteiger partial charge in [-0.3, -0.25) is 0 Å². The molecule has 0 heterocycles. The number of hydrogen-bond acceptors (Lipinski definition) is 0. The zero-order chi connectivity index (χ0) is 12.4. The van der Waals surface area contributed by atoms with Crippen molar-refractivity contribution >= 4 is 0 Å². The van der Waals surface area contributed by atoms with Gasteiger partial charge in [-0.05, 0) is 44.3 Å². The summed E-state index contributed by atoms with van der Waals surface area (Å²) in [4.78, 5) is 0. The molecule has 0 aliphatic rings. The second kappa shape index (κ2) is 9.21. The molecule has 0 spiro atoms. The average molecular weight is 218 g/mol. The highest BCUT2D eigenvalue weighted by Gasteiger charge is 2.04. The van der Waals surface area contributed by atoms with Crippen LogP contribution in [0.2, 0.25) is 0 Å². The van der Waals surface area contributed by atoms with Crippen LogP contribution in [-0.4, -0.2) is 0 Å². The van der Waals surface area contributed by atoms with E-state index in [4.69, 9.17) is 0 Å². The molecule has 0 bridgehead atoms. The summed E-state index contributed by atoms with van der Waals surface area (Å²) in [6.45, 7) is 12.7. The van der Waals surface area contributed by atoms with E-state index in [0.717, 1.165) is 6.42 Å². The quantitative estimate of drug-likeness (QED) is 0.488. The number of allylic oxidation sites excluding steroid dienone is 7. The molecule has 0 radical (unpaired) electrons. The van der Waals surface area contributed by atoms with E-state index in [0.29, 0.717) is 0 Å². The predicted molar refractivity (Wildman–Crippen MR) is 75.6 cm³/mol. The zero-order valence-corrected chi connectivity index (χ0v) is 11.3. The Labute approximate surface area is 101 Å². The van der Waals surface area contributed by atoms with Gasteiger partial charge in [0.15, 0.2) is 0 Å². The summed E-state index contributed by atoms with van der Waals surface area (Å²) in [6, 6.07) is 0. The van der Waals surface area contributed by atoms with Crippen LogP contribution in [-0.2, 0) is 0 Å². The van der Waals surface area contributed by atoms with E-state index in [-0.39, 0.29) is 0 Å². The Hall–Kier alpha value is -1.04. The van der Waals surface area contributed by atoms with Crippen molar-refractivity contribution in [1.82, 2.24) is 0 Å². The van der Waals surface area contributed by atoms with E-state index >= 15 is 0 Å². The molecular formula is C16H26. The predicted octanol–water partition coefficient (Wildman–Crippen LogP) is 5.59. The van der Waals surface area contributed by atoms with Crippen LogP contribution in [0.15, 0.2) is 47.6 Å². The monoisotopic (exact) mass is 218 g/mol. The fraction of sp³-hybridized carbons (Fsp3) is 0.500. The van der Waals surface area contributed by atoms with Crippen molar-refractivity contribution in [3.63, 3.8) is 0 Å². The number of rotatable bonds is 7. The smallest absolute Gasteiger partial charge is 0.0231 e. The lowest BCUT2D eigenvalue weighted by Gasteiger charge is -2.12. The van der Waals surface area contributed by atoms with E-state index in [9.17, 15) is 0 Å². The summed E-state index contributed by atoms with van der Waals surface area (Å²) in [5.41, 5.74) is 4.26. The Balaban J connectivity index is 5.06. The molecule has 0 aromatic rings. The third-order valence-corrected chi connectivity index (χ3v) is 2.86. The molecule has 0 aliphatic heterocycles. The molecule has 0 aliphatic carbocycles. The largest absolute Gasteiger partial charge is 0.0985 e. The Morgan fingerprint density at radius 2 is 1.94 bits per heavy atom. The van der Waals surface area contributed by atoms with Gasteiger partial charge in [0.2, 0.25) is 0 Å². The van der Waals surface area contributed by atoms with Crippen LogP contribution in [0.3, 0.4) is 0 Å². The zero-order valence-electron chi connectivity index (χ0n) is 11.3. The van der Waals surface area contributed by atoms with Crippen LogP contribution in [0.4, 0.5) is 0 Å². The molecule has 0 unspecified atom stereocenters. The molecule has 0 amide bonds. The molecule has 0 N–H and O–H groups in total. The lowest BCUT2D eigenvalue weighted by atomic mass is 9.94. The maximum atomic E-state index is 3.92. The Bertz CT molecular complexity index is 287. The van der Waals surface area contributed by atoms with Gasteiger partial charge in [0.05, 0.1) is 0 Å². The van der Waals surface area contributed by atoms with Crippen molar-refractivity contribution in [2.45, 2.75) is 53.4 Å². The van der Waals surface area contributed by atoms with Crippen molar-refractivity contribution in [3.05, 3.63) is 47.6 Å². The van der Waals surface area contributed by atoms with Gasteiger partial charge in [0, 0.05) is 0 Å². The van der Waals surface area contributed by atoms with Crippen LogP contribution in [0.25, 0.3) is 0 Å². The summed E-state index contributed by atoms with van der Waals surface area (Å²) in [7, 11) is 0. The second-order valence-corrected chi connectivity index (χ2v) is 4.07. The lowest BCUT2D eigenvalue weighted by molar-refractivity contribution is 0.783. The molecule has 16 heavy (non-hydrogen) atoms. The summed E-state index contributed by atoms with van der Waals surface area (Å²) in [5.74, 6) is 0. The van der Waals surface area contributed by atoms with Crippen LogP contribution in [0, 0.1) is 0 Å². The summed E-state index contributed by atoms with van der Waals surface area (Å²) < 4.78 is 0. The fourth-order valence-corrected chi connectivity index (χ4v) is 1.66. The van der Waals surface area contributed by atoms with Crippen LogP contribution in [0.5, 0.6) is 0 Å². The molecule has 0 rings (SSSR count). The molecule has 0 saturated carbocycles. The molecule has 90 valence electrons. The van der Waals surface area contributed by atoms with Gasteiger partial charge in [0.25, 0.3) is 0 Å². The molecular weight excluding hydrogens is 192 g/mol. The first-order valence-corrected chi connectivity index (χ1v) is 6.35. The number of unbranched alkanes of at least 4 members (excludes halogenated alkanes) is 1. The second-order valence-electron chi connectivity index (χ2n) is 4.07. The van der Waals surface area contributed by atoms with Gasteiger partial charge >= 0.3 is 0 Å². The molecule has 0 nitrogen and oxygen atoms in total. The highest BCUT2D eigenvalue weighted by atomic mass is 14.1. The third kappa shape index (κ3) is 5.16. The first-order valence-electron chi connectivity index (χ1n) is 6.35. The van der Waals surface area contributed by atoms with Crippen molar-refractivity contribution in [2.24, 2.45) is 0 Å². The topological polar surface area (TPSA) is 0 Å². The van der Waals surface area contributed by atoms with E-state index < -0.39 is 0 Å². The minimum Gasteiger partial charge on any atom is -0.0985 e. The third-order valence-electron chi connectivity index (χ3n) is 2.86. The highest BCUT2D eigenvalue weighted by molar-refractivity contribution is 5.43. The molecule has 0 saturated heterocycles. The Kier molecular flexibility index (Phi) is 8.61. The van der Waals surface area contributed by atoms with Gasteiger partial charge in [-0.15, -0.1) is 0 Å². The highest BCUT2D eigenvalue weighted by Crippen LogP contribution is 2.23. The first-order chi connectivity index (χ1) is 7.71. The maximum Gasteiger partial charge on any atom is -0.0231 e. The Morgan fingerprint density at radius 1 is 1.25 bits per heavy atom. The van der Waals surface area contributed by atoms with Gasteiger partial charge in [-0.2, -0.15) is 0 Å².